The van der Waals surface area contributed by atoms with Crippen LogP contribution in [0.5, 0.6) is 0 Å². The van der Waals surface area contributed by atoms with Crippen LogP contribution in [-0.4, -0.2) is 40.6 Å². The lowest BCUT2D eigenvalue weighted by Gasteiger charge is -2.19. The topological polar surface area (TPSA) is 97.3 Å². The zero-order chi connectivity index (χ0) is 15.2. The predicted octanol–water partition coefficient (Wildman–Crippen LogP) is 1.07. The SMILES string of the molecule is Cn1nccc1NC(=O)NCCNC(=O)OC(C)(C)C. The zero-order valence-corrected chi connectivity index (χ0v) is 12.2. The van der Waals surface area contributed by atoms with E-state index < -0.39 is 11.7 Å². The first kappa shape index (κ1) is 15.8. The summed E-state index contributed by atoms with van der Waals surface area (Å²) in [4.78, 5) is 22.9. The summed E-state index contributed by atoms with van der Waals surface area (Å²) < 4.78 is 6.60. The Hall–Kier alpha value is -2.25. The summed E-state index contributed by atoms with van der Waals surface area (Å²) >= 11 is 0. The number of amides is 3. The quantitative estimate of drug-likeness (QED) is 0.720. The molecule has 0 aliphatic carbocycles. The van der Waals surface area contributed by atoms with Gasteiger partial charge in [-0.1, -0.05) is 0 Å². The lowest BCUT2D eigenvalue weighted by Crippen LogP contribution is -2.39. The molecule has 20 heavy (non-hydrogen) atoms. The average molecular weight is 283 g/mol. The Morgan fingerprint density at radius 3 is 2.50 bits per heavy atom. The van der Waals surface area contributed by atoms with E-state index in [0.29, 0.717) is 12.4 Å². The molecule has 0 radical (unpaired) electrons. The Kier molecular flexibility index (Phi) is 5.36. The molecule has 0 bridgehead atoms. The van der Waals surface area contributed by atoms with E-state index in [9.17, 15) is 9.59 Å². The van der Waals surface area contributed by atoms with Crippen LogP contribution < -0.4 is 16.0 Å². The molecule has 0 unspecified atom stereocenters. The van der Waals surface area contributed by atoms with Gasteiger partial charge in [-0.05, 0) is 20.8 Å². The van der Waals surface area contributed by atoms with Crippen LogP contribution in [0.15, 0.2) is 12.3 Å². The van der Waals surface area contributed by atoms with Gasteiger partial charge in [0.25, 0.3) is 0 Å². The van der Waals surface area contributed by atoms with Crippen molar-refractivity contribution >= 4 is 17.9 Å². The molecule has 0 atom stereocenters. The molecular formula is C12H21N5O3. The molecule has 0 saturated heterocycles. The second-order valence-electron chi connectivity index (χ2n) is 5.15. The first-order valence-electron chi connectivity index (χ1n) is 6.27. The van der Waals surface area contributed by atoms with E-state index >= 15 is 0 Å². The smallest absolute Gasteiger partial charge is 0.407 e. The summed E-state index contributed by atoms with van der Waals surface area (Å²) in [7, 11) is 1.72. The number of aromatic nitrogens is 2. The van der Waals surface area contributed by atoms with Crippen molar-refractivity contribution in [3.8, 4) is 0 Å². The van der Waals surface area contributed by atoms with Crippen molar-refractivity contribution in [2.24, 2.45) is 7.05 Å². The van der Waals surface area contributed by atoms with Gasteiger partial charge < -0.3 is 15.4 Å². The van der Waals surface area contributed by atoms with Crippen molar-refractivity contribution in [2.45, 2.75) is 26.4 Å². The highest BCUT2D eigenvalue weighted by Crippen LogP contribution is 2.06. The minimum Gasteiger partial charge on any atom is -0.444 e. The Morgan fingerprint density at radius 1 is 1.30 bits per heavy atom. The van der Waals surface area contributed by atoms with Crippen LogP contribution in [0, 0.1) is 0 Å². The van der Waals surface area contributed by atoms with Gasteiger partial charge in [0.1, 0.15) is 11.4 Å². The maximum absolute atomic E-state index is 11.5. The molecule has 1 heterocycles. The number of hydrogen-bond acceptors (Lipinski definition) is 4. The summed E-state index contributed by atoms with van der Waals surface area (Å²) in [5.74, 6) is 0.586. The Balaban J connectivity index is 2.17. The Bertz CT molecular complexity index is 464. The van der Waals surface area contributed by atoms with E-state index in [2.05, 4.69) is 21.0 Å². The third-order valence-electron chi connectivity index (χ3n) is 2.14. The minimum atomic E-state index is -0.533. The molecule has 1 rings (SSSR count). The van der Waals surface area contributed by atoms with Gasteiger partial charge in [-0.25, -0.2) is 9.59 Å². The number of nitrogens with zero attached hydrogens (tertiary/aromatic N) is 2. The van der Waals surface area contributed by atoms with Gasteiger partial charge in [-0.2, -0.15) is 5.10 Å². The second kappa shape index (κ2) is 6.78. The zero-order valence-electron chi connectivity index (χ0n) is 12.2. The van der Waals surface area contributed by atoms with Crippen LogP contribution in [-0.2, 0) is 11.8 Å². The lowest BCUT2D eigenvalue weighted by atomic mass is 10.2. The summed E-state index contributed by atoms with van der Waals surface area (Å²) in [5, 5.41) is 11.7. The molecule has 112 valence electrons. The second-order valence-corrected chi connectivity index (χ2v) is 5.15. The molecule has 0 aliphatic rings. The highest BCUT2D eigenvalue weighted by Gasteiger charge is 2.15. The molecule has 3 N–H and O–H groups in total. The number of carbonyl (C=O) groups is 2. The molecule has 8 nitrogen and oxygen atoms in total. The summed E-state index contributed by atoms with van der Waals surface area (Å²) in [6.45, 7) is 5.93. The highest BCUT2D eigenvalue weighted by atomic mass is 16.6. The van der Waals surface area contributed by atoms with E-state index in [-0.39, 0.29) is 12.6 Å². The molecule has 0 aromatic carbocycles. The van der Waals surface area contributed by atoms with E-state index in [1.54, 1.807) is 44.8 Å². The van der Waals surface area contributed by atoms with Gasteiger partial charge in [0.2, 0.25) is 0 Å². The summed E-state index contributed by atoms with van der Waals surface area (Å²) in [5.41, 5.74) is -0.533. The number of carbonyl (C=O) groups excluding carboxylic acids is 2. The molecule has 1 aromatic heterocycles. The van der Waals surface area contributed by atoms with Gasteiger partial charge in [0.05, 0.1) is 6.20 Å². The van der Waals surface area contributed by atoms with Crippen LogP contribution in [0.3, 0.4) is 0 Å². The number of ether oxygens (including phenoxy) is 1. The molecule has 0 fully saturated rings. The molecule has 0 aliphatic heterocycles. The third kappa shape index (κ3) is 6.07. The van der Waals surface area contributed by atoms with E-state index in [1.165, 1.54) is 0 Å². The number of rotatable bonds is 4. The molecule has 0 spiro atoms. The number of nitrogens with one attached hydrogen (secondary N) is 3. The predicted molar refractivity (Wildman–Crippen MR) is 74.5 cm³/mol. The van der Waals surface area contributed by atoms with Gasteiger partial charge in [0.15, 0.2) is 0 Å². The first-order valence-corrected chi connectivity index (χ1v) is 6.27. The van der Waals surface area contributed by atoms with Crippen molar-refractivity contribution in [3.63, 3.8) is 0 Å². The van der Waals surface area contributed by atoms with Gasteiger partial charge in [-0.3, -0.25) is 10.00 Å². The number of aryl methyl sites for hydroxylation is 1. The Morgan fingerprint density at radius 2 is 1.95 bits per heavy atom. The van der Waals surface area contributed by atoms with Gasteiger partial charge in [0, 0.05) is 26.2 Å². The molecule has 3 amide bonds. The number of alkyl carbamates (subject to hydrolysis) is 1. The fourth-order valence-electron chi connectivity index (χ4n) is 1.31. The number of anilines is 1. The monoisotopic (exact) mass is 283 g/mol. The van der Waals surface area contributed by atoms with Crippen molar-refractivity contribution in [1.29, 1.82) is 0 Å². The molecule has 8 heteroatoms. The molecule has 1 aromatic rings. The Labute approximate surface area is 117 Å². The van der Waals surface area contributed by atoms with Crippen molar-refractivity contribution in [2.75, 3.05) is 18.4 Å². The van der Waals surface area contributed by atoms with Crippen molar-refractivity contribution in [1.82, 2.24) is 20.4 Å². The van der Waals surface area contributed by atoms with Crippen molar-refractivity contribution < 1.29 is 14.3 Å². The standard InChI is InChI=1S/C12H21N5O3/c1-12(2,3)20-11(19)14-8-7-13-10(18)16-9-5-6-15-17(9)4/h5-6H,7-8H2,1-4H3,(H,14,19)(H2,13,16,18). The van der Waals surface area contributed by atoms with Crippen LogP contribution in [0.4, 0.5) is 15.4 Å². The van der Waals surface area contributed by atoms with Crippen LogP contribution in [0.25, 0.3) is 0 Å². The fraction of sp³-hybridized carbons (Fsp3) is 0.583. The van der Waals surface area contributed by atoms with Crippen LogP contribution >= 0.6 is 0 Å². The largest absolute Gasteiger partial charge is 0.444 e. The molecular weight excluding hydrogens is 262 g/mol. The third-order valence-corrected chi connectivity index (χ3v) is 2.14. The highest BCUT2D eigenvalue weighted by molar-refractivity contribution is 5.88. The summed E-state index contributed by atoms with van der Waals surface area (Å²) in [6.07, 6.45) is 1.07. The average Bonchev–Trinajstić information content (AvgIpc) is 2.68. The summed E-state index contributed by atoms with van der Waals surface area (Å²) in [6, 6.07) is 1.32. The number of urea groups is 1. The molecule has 0 saturated carbocycles. The normalized spacial score (nSPS) is 10.8. The van der Waals surface area contributed by atoms with E-state index in [4.69, 9.17) is 4.74 Å². The van der Waals surface area contributed by atoms with E-state index in [1.807, 2.05) is 0 Å². The van der Waals surface area contributed by atoms with Crippen molar-refractivity contribution in [3.05, 3.63) is 12.3 Å². The number of hydrogen-bond donors (Lipinski definition) is 3. The first-order chi connectivity index (χ1) is 9.28. The van der Waals surface area contributed by atoms with Crippen LogP contribution in [0.2, 0.25) is 0 Å². The van der Waals surface area contributed by atoms with Gasteiger partial charge in [-0.15, -0.1) is 0 Å². The van der Waals surface area contributed by atoms with E-state index in [0.717, 1.165) is 0 Å². The fourth-order valence-corrected chi connectivity index (χ4v) is 1.31. The maximum atomic E-state index is 11.5. The minimum absolute atomic E-state index is 0.285. The van der Waals surface area contributed by atoms with Gasteiger partial charge >= 0.3 is 12.1 Å². The maximum Gasteiger partial charge on any atom is 0.407 e. The lowest BCUT2D eigenvalue weighted by molar-refractivity contribution is 0.0528. The van der Waals surface area contributed by atoms with Crippen LogP contribution in [0.1, 0.15) is 20.8 Å².